The normalized spacial score (nSPS) is 21.4. The molecule has 2 aromatic carbocycles. The lowest BCUT2D eigenvalue weighted by Gasteiger charge is -2.47. The van der Waals surface area contributed by atoms with Gasteiger partial charge in [-0.05, 0) is 47.7 Å². The first-order chi connectivity index (χ1) is 16.6. The van der Waals surface area contributed by atoms with Gasteiger partial charge >= 0.3 is 0 Å². The van der Waals surface area contributed by atoms with Crippen LogP contribution in [0.3, 0.4) is 0 Å². The van der Waals surface area contributed by atoms with Crippen LogP contribution >= 0.6 is 15.9 Å². The average Bonchev–Trinajstić information content (AvgIpc) is 2.84. The molecule has 192 valence electrons. The van der Waals surface area contributed by atoms with Gasteiger partial charge in [-0.25, -0.2) is 0 Å². The lowest BCUT2D eigenvalue weighted by molar-refractivity contribution is -0.0622. The van der Waals surface area contributed by atoms with E-state index in [1.54, 1.807) is 0 Å². The zero-order valence-electron chi connectivity index (χ0n) is 22.4. The van der Waals surface area contributed by atoms with E-state index in [9.17, 15) is 0 Å². The molecule has 0 N–H and O–H groups in total. The lowest BCUT2D eigenvalue weighted by Crippen LogP contribution is -2.49. The van der Waals surface area contributed by atoms with Gasteiger partial charge in [0, 0.05) is 17.4 Å². The van der Waals surface area contributed by atoms with Gasteiger partial charge in [0.15, 0.2) is 8.32 Å². The van der Waals surface area contributed by atoms with Crippen LogP contribution in [0.4, 0.5) is 0 Å². The monoisotopic (exact) mass is 558 g/mol. The first-order valence-electron chi connectivity index (χ1n) is 12.8. The molecule has 0 radical (unpaired) electrons. The third-order valence-corrected chi connectivity index (χ3v) is 13.0. The molecule has 35 heavy (non-hydrogen) atoms. The van der Waals surface area contributed by atoms with Gasteiger partial charge in [0.1, 0.15) is 0 Å². The summed E-state index contributed by atoms with van der Waals surface area (Å²) in [7, 11) is -1.93. The molecule has 0 spiro atoms. The summed E-state index contributed by atoms with van der Waals surface area (Å²) in [4.78, 5) is 0. The molecule has 5 heteroatoms. The maximum absolute atomic E-state index is 6.86. The molecule has 3 nitrogen and oxygen atoms in total. The highest BCUT2D eigenvalue weighted by molar-refractivity contribution is 9.09. The summed E-state index contributed by atoms with van der Waals surface area (Å²) in [5, 5.41) is 1.02. The Morgan fingerprint density at radius 2 is 1.49 bits per heavy atom. The second-order valence-corrected chi connectivity index (χ2v) is 16.9. The van der Waals surface area contributed by atoms with Gasteiger partial charge in [0.25, 0.3) is 0 Å². The second-order valence-electron chi connectivity index (χ2n) is 11.5. The zero-order chi connectivity index (χ0) is 25.5. The largest absolute Gasteiger partial charge is 0.416 e. The van der Waals surface area contributed by atoms with Crippen molar-refractivity contribution in [3.63, 3.8) is 0 Å². The number of rotatable bonds is 11. The summed E-state index contributed by atoms with van der Waals surface area (Å²) >= 11 is 3.77. The summed E-state index contributed by atoms with van der Waals surface area (Å²) in [5.74, 6) is 0. The van der Waals surface area contributed by atoms with Crippen molar-refractivity contribution in [2.75, 3.05) is 18.5 Å². The van der Waals surface area contributed by atoms with E-state index in [-0.39, 0.29) is 16.6 Å². The Balaban J connectivity index is 1.84. The smallest absolute Gasteiger partial charge is 0.192 e. The predicted molar refractivity (Wildman–Crippen MR) is 152 cm³/mol. The van der Waals surface area contributed by atoms with Crippen LogP contribution in [-0.2, 0) is 27.1 Å². The zero-order valence-corrected chi connectivity index (χ0v) is 25.0. The van der Waals surface area contributed by atoms with Crippen molar-refractivity contribution in [2.45, 2.75) is 78.0 Å². The molecule has 2 atom stereocenters. The molecule has 0 unspecified atom stereocenters. The van der Waals surface area contributed by atoms with E-state index in [1.807, 2.05) is 6.07 Å². The number of benzene rings is 2. The first-order valence-corrected chi connectivity index (χ1v) is 16.8. The van der Waals surface area contributed by atoms with Crippen molar-refractivity contribution in [1.82, 2.24) is 0 Å². The number of alkyl halides is 1. The predicted octanol–water partition coefficient (Wildman–Crippen LogP) is 8.30. The number of allylic oxidation sites excluding steroid dienone is 1. The molecule has 2 aromatic rings. The van der Waals surface area contributed by atoms with Crippen molar-refractivity contribution < 1.29 is 13.9 Å². The van der Waals surface area contributed by atoms with Crippen LogP contribution < -0.4 is 0 Å². The second kappa shape index (κ2) is 12.3. The van der Waals surface area contributed by atoms with Gasteiger partial charge in [-0.3, -0.25) is 0 Å². The van der Waals surface area contributed by atoms with Gasteiger partial charge < -0.3 is 13.9 Å². The summed E-state index contributed by atoms with van der Waals surface area (Å²) in [6, 6.07) is 20.9. The van der Waals surface area contributed by atoms with Crippen molar-refractivity contribution >= 4 is 24.2 Å². The van der Waals surface area contributed by atoms with Gasteiger partial charge in [-0.15, -0.1) is 0 Å². The average molecular weight is 560 g/mol. The third-order valence-electron chi connectivity index (χ3n) is 7.89. The SMILES string of the molecule is CC(C)(C)[Si](C)(C)OC[C@@]1(C)C(COCc2ccccc2)=C(CBr)CC[C@@H]1OCc1ccccc1. The highest BCUT2D eigenvalue weighted by atomic mass is 79.9. The van der Waals surface area contributed by atoms with E-state index in [4.69, 9.17) is 13.9 Å². The van der Waals surface area contributed by atoms with E-state index in [2.05, 4.69) is 111 Å². The topological polar surface area (TPSA) is 27.7 Å². The molecule has 1 aliphatic rings. The molecule has 3 rings (SSSR count). The van der Waals surface area contributed by atoms with Crippen molar-refractivity contribution in [2.24, 2.45) is 5.41 Å². The minimum absolute atomic E-state index is 0.0746. The summed E-state index contributed by atoms with van der Waals surface area (Å²) in [6.07, 6.45) is 2.09. The van der Waals surface area contributed by atoms with Crippen LogP contribution in [0.15, 0.2) is 71.8 Å². The van der Waals surface area contributed by atoms with Gasteiger partial charge in [-0.2, -0.15) is 0 Å². The van der Waals surface area contributed by atoms with Crippen LogP contribution in [0.2, 0.25) is 18.1 Å². The van der Waals surface area contributed by atoms with E-state index in [0.717, 1.165) is 18.2 Å². The third kappa shape index (κ3) is 7.39. The van der Waals surface area contributed by atoms with Crippen molar-refractivity contribution in [3.05, 3.63) is 82.9 Å². The number of halogens is 1. The quantitative estimate of drug-likeness (QED) is 0.157. The number of hydrogen-bond donors (Lipinski definition) is 0. The Morgan fingerprint density at radius 3 is 2.03 bits per heavy atom. The molecule has 0 aliphatic heterocycles. The standard InChI is InChI=1S/C30H43BrO3Si/c1-29(2,3)35(5,6)34-23-30(4)27(22-32-20-24-13-9-7-10-14-24)26(19-31)17-18-28(30)33-21-25-15-11-8-12-16-25/h7-16,28H,17-23H2,1-6H3/t28-,30-/m0/s1. The maximum Gasteiger partial charge on any atom is 0.192 e. The van der Waals surface area contributed by atoms with Gasteiger partial charge in [0.05, 0.1) is 25.9 Å². The number of ether oxygens (including phenoxy) is 2. The molecule has 0 heterocycles. The fourth-order valence-corrected chi connectivity index (χ4v) is 6.11. The van der Waals surface area contributed by atoms with Crippen LogP contribution in [0, 0.1) is 5.41 Å². The minimum Gasteiger partial charge on any atom is -0.416 e. The molecular weight excluding hydrogens is 516 g/mol. The fraction of sp³-hybridized carbons (Fsp3) is 0.533. The van der Waals surface area contributed by atoms with E-state index >= 15 is 0 Å². The number of hydrogen-bond acceptors (Lipinski definition) is 3. The highest BCUT2D eigenvalue weighted by Gasteiger charge is 2.46. The van der Waals surface area contributed by atoms with Crippen LogP contribution in [0.5, 0.6) is 0 Å². The Kier molecular flexibility index (Phi) is 9.98. The molecule has 1 aliphatic carbocycles. The molecule has 0 saturated heterocycles. The van der Waals surface area contributed by atoms with Gasteiger partial charge in [-0.1, -0.05) is 110 Å². The van der Waals surface area contributed by atoms with Crippen molar-refractivity contribution in [1.29, 1.82) is 0 Å². The molecule has 0 saturated carbocycles. The summed E-state index contributed by atoms with van der Waals surface area (Å²) in [6.45, 7) is 16.4. The Morgan fingerprint density at radius 1 is 0.914 bits per heavy atom. The van der Waals surface area contributed by atoms with E-state index in [0.29, 0.717) is 26.4 Å². The molecule has 0 aromatic heterocycles. The highest BCUT2D eigenvalue weighted by Crippen LogP contribution is 2.46. The van der Waals surface area contributed by atoms with Crippen LogP contribution in [0.1, 0.15) is 51.7 Å². The Hall–Kier alpha value is -1.24. The Bertz CT molecular complexity index is 953. The fourth-order valence-electron chi connectivity index (χ4n) is 4.40. The van der Waals surface area contributed by atoms with E-state index in [1.165, 1.54) is 22.3 Å². The molecule has 0 amide bonds. The van der Waals surface area contributed by atoms with Crippen LogP contribution in [0.25, 0.3) is 0 Å². The van der Waals surface area contributed by atoms with E-state index < -0.39 is 8.32 Å². The van der Waals surface area contributed by atoms with Gasteiger partial charge in [0.2, 0.25) is 0 Å². The maximum atomic E-state index is 6.86. The Labute approximate surface area is 222 Å². The molecule has 0 bridgehead atoms. The first kappa shape index (κ1) is 28.3. The van der Waals surface area contributed by atoms with Crippen molar-refractivity contribution in [3.8, 4) is 0 Å². The minimum atomic E-state index is -1.93. The summed E-state index contributed by atoms with van der Waals surface area (Å²) < 4.78 is 19.8. The lowest BCUT2D eigenvalue weighted by atomic mass is 9.70. The summed E-state index contributed by atoms with van der Waals surface area (Å²) in [5.41, 5.74) is 4.92. The molecule has 0 fully saturated rings. The van der Waals surface area contributed by atoms with Crippen LogP contribution in [-0.4, -0.2) is 33.0 Å². The molecular formula is C30H43BrO3Si.